The van der Waals surface area contributed by atoms with E-state index in [2.05, 4.69) is 27.0 Å². The molecule has 0 unspecified atom stereocenters. The molecule has 0 aromatic carbocycles. The van der Waals surface area contributed by atoms with E-state index in [1.807, 2.05) is 0 Å². The highest BCUT2D eigenvalue weighted by Crippen LogP contribution is 2.17. The Kier molecular flexibility index (Phi) is 5.47. The van der Waals surface area contributed by atoms with Gasteiger partial charge in [-0.05, 0) is 19.7 Å². The highest BCUT2D eigenvalue weighted by atomic mass is 35.5. The lowest BCUT2D eigenvalue weighted by Crippen LogP contribution is -1.97. The minimum absolute atomic E-state index is 0.178. The van der Waals surface area contributed by atoms with Crippen LogP contribution in [0.3, 0.4) is 0 Å². The van der Waals surface area contributed by atoms with Crippen molar-refractivity contribution in [3.63, 3.8) is 0 Å². The highest BCUT2D eigenvalue weighted by Gasteiger charge is 2.07. The predicted molar refractivity (Wildman–Crippen MR) is 74.2 cm³/mol. The van der Waals surface area contributed by atoms with Crippen LogP contribution in [0.15, 0.2) is 27.4 Å². The normalized spacial score (nSPS) is 12.3. The van der Waals surface area contributed by atoms with Crippen molar-refractivity contribution in [2.24, 2.45) is 9.98 Å². The summed E-state index contributed by atoms with van der Waals surface area (Å²) in [5.74, 6) is -0.523. The van der Waals surface area contributed by atoms with E-state index in [1.165, 1.54) is 6.20 Å². The second-order valence-electron chi connectivity index (χ2n) is 3.06. The molecule has 96 valence electrons. The van der Waals surface area contributed by atoms with Gasteiger partial charge in [0.2, 0.25) is 0 Å². The van der Waals surface area contributed by atoms with Crippen molar-refractivity contribution in [3.8, 4) is 0 Å². The Labute approximate surface area is 113 Å². The number of aliphatic imine (C=N–C) groups is 2. The third-order valence-corrected chi connectivity index (χ3v) is 2.92. The molecule has 0 aliphatic heterocycles. The molecule has 8 heteroatoms. The van der Waals surface area contributed by atoms with Gasteiger partial charge in [-0.3, -0.25) is 0 Å². The summed E-state index contributed by atoms with van der Waals surface area (Å²) < 4.78 is 0. The molecule has 1 rings (SSSR count). The number of carboxylic acid groups (broad SMARTS) is 1. The van der Waals surface area contributed by atoms with E-state index >= 15 is 0 Å². The first-order valence-corrected chi connectivity index (χ1v) is 6.03. The van der Waals surface area contributed by atoms with Gasteiger partial charge in [-0.15, -0.1) is 0 Å². The van der Waals surface area contributed by atoms with Gasteiger partial charge in [0.25, 0.3) is 0 Å². The van der Waals surface area contributed by atoms with Crippen molar-refractivity contribution in [1.82, 2.24) is 4.98 Å². The molecule has 0 atom stereocenters. The number of carbonyl (C=O) groups is 1. The molecule has 2 N–H and O–H groups in total. The van der Waals surface area contributed by atoms with E-state index in [0.717, 1.165) is 11.3 Å². The quantitative estimate of drug-likeness (QED) is 0.494. The molecule has 0 fully saturated rings. The van der Waals surface area contributed by atoms with Crippen LogP contribution in [-0.2, 0) is 0 Å². The van der Waals surface area contributed by atoms with Crippen molar-refractivity contribution < 1.29 is 9.90 Å². The summed E-state index contributed by atoms with van der Waals surface area (Å²) in [6.07, 6.45) is 2.92. The fourth-order valence-electron chi connectivity index (χ4n) is 0.913. The van der Waals surface area contributed by atoms with Crippen LogP contribution in [0, 0.1) is 0 Å². The Morgan fingerprint density at radius 2 is 2.50 bits per heavy atom. The van der Waals surface area contributed by atoms with Crippen LogP contribution >= 0.6 is 22.9 Å². The Bertz CT molecular complexity index is 510. The number of nitrogens with zero attached hydrogens (tertiary/aromatic N) is 3. The maximum absolute atomic E-state index is 10.6. The zero-order valence-electron chi connectivity index (χ0n) is 9.55. The summed E-state index contributed by atoms with van der Waals surface area (Å²) in [6.45, 7) is 5.38. The van der Waals surface area contributed by atoms with Crippen molar-refractivity contribution >= 4 is 46.6 Å². The van der Waals surface area contributed by atoms with Crippen LogP contribution in [-0.4, -0.2) is 35.2 Å². The third kappa shape index (κ3) is 4.64. The highest BCUT2D eigenvalue weighted by molar-refractivity contribution is 7.17. The van der Waals surface area contributed by atoms with E-state index in [0.29, 0.717) is 17.5 Å². The summed E-state index contributed by atoms with van der Waals surface area (Å²) in [6, 6.07) is 0. The van der Waals surface area contributed by atoms with Gasteiger partial charge in [0.05, 0.1) is 6.20 Å². The zero-order valence-corrected chi connectivity index (χ0v) is 11.1. The molecule has 18 heavy (non-hydrogen) atoms. The summed E-state index contributed by atoms with van der Waals surface area (Å²) in [5.41, 5.74) is 0. The lowest BCUT2D eigenvalue weighted by molar-refractivity contribution is 0.0702. The van der Waals surface area contributed by atoms with E-state index in [-0.39, 0.29) is 10.0 Å². The minimum atomic E-state index is -0.994. The first-order valence-electron chi connectivity index (χ1n) is 4.83. The largest absolute Gasteiger partial charge is 0.477 e. The summed E-state index contributed by atoms with van der Waals surface area (Å²) >= 11 is 6.86. The minimum Gasteiger partial charge on any atom is -0.477 e. The smallest absolute Gasteiger partial charge is 0.347 e. The lowest BCUT2D eigenvalue weighted by atomic mass is 10.6. The average molecular weight is 287 g/mol. The van der Waals surface area contributed by atoms with Crippen LogP contribution in [0.25, 0.3) is 0 Å². The van der Waals surface area contributed by atoms with Crippen molar-refractivity contribution in [1.29, 1.82) is 0 Å². The Morgan fingerprint density at radius 3 is 3.06 bits per heavy atom. The number of aromatic nitrogens is 1. The van der Waals surface area contributed by atoms with Gasteiger partial charge in [-0.25, -0.2) is 19.8 Å². The van der Waals surface area contributed by atoms with Gasteiger partial charge in [0, 0.05) is 6.54 Å². The number of halogens is 1. The molecule has 6 nitrogen and oxygen atoms in total. The summed E-state index contributed by atoms with van der Waals surface area (Å²) in [7, 11) is 0. The number of thiazole rings is 1. The number of nitrogens with one attached hydrogen (secondary N) is 1. The third-order valence-electron chi connectivity index (χ3n) is 1.74. The van der Waals surface area contributed by atoms with Crippen molar-refractivity contribution in [3.05, 3.63) is 22.3 Å². The van der Waals surface area contributed by atoms with Gasteiger partial charge in [-0.1, -0.05) is 22.9 Å². The average Bonchev–Trinajstić information content (AvgIpc) is 2.77. The molecule has 1 heterocycles. The Hall–Kier alpha value is -1.73. The molecule has 0 amide bonds. The SMILES string of the molecule is C=N/C(C)=N\C(Cl)=C/CNc1ncc(C(=O)O)s1. The molecule has 1 aromatic heterocycles. The topological polar surface area (TPSA) is 86.9 Å². The number of amidine groups is 1. The van der Waals surface area contributed by atoms with Crippen LogP contribution in [0.4, 0.5) is 5.13 Å². The number of hydrogen-bond acceptors (Lipinski definition) is 5. The van der Waals surface area contributed by atoms with Crippen LogP contribution in [0.5, 0.6) is 0 Å². The second-order valence-corrected chi connectivity index (χ2v) is 4.48. The van der Waals surface area contributed by atoms with E-state index in [1.54, 1.807) is 13.0 Å². The number of rotatable bonds is 5. The first kappa shape index (κ1) is 14.3. The molecule has 0 aliphatic rings. The molecular weight excluding hydrogens is 276 g/mol. The van der Waals surface area contributed by atoms with Gasteiger partial charge in [0.15, 0.2) is 5.13 Å². The van der Waals surface area contributed by atoms with Crippen LogP contribution in [0.1, 0.15) is 16.6 Å². The predicted octanol–water partition coefficient (Wildman–Crippen LogP) is 2.45. The number of anilines is 1. The molecule has 0 bridgehead atoms. The van der Waals surface area contributed by atoms with Crippen LogP contribution in [0.2, 0.25) is 0 Å². The van der Waals surface area contributed by atoms with E-state index in [4.69, 9.17) is 16.7 Å². The van der Waals surface area contributed by atoms with Gasteiger partial charge < -0.3 is 10.4 Å². The van der Waals surface area contributed by atoms with Crippen LogP contribution < -0.4 is 5.32 Å². The molecular formula is C10H11ClN4O2S. The van der Waals surface area contributed by atoms with Gasteiger partial charge >= 0.3 is 5.97 Å². The summed E-state index contributed by atoms with van der Waals surface area (Å²) in [5, 5.41) is 12.4. The molecule has 1 aromatic rings. The standard InChI is InChI=1S/C10H11ClN4O2S/c1-6(12-2)15-8(11)3-4-13-10-14-5-7(18-10)9(16)17/h3,5H,2,4H2,1H3,(H,13,14)(H,16,17)/b8-3-,15-6-. The molecule has 0 radical (unpaired) electrons. The fraction of sp³-hybridized carbons (Fsp3) is 0.200. The summed E-state index contributed by atoms with van der Waals surface area (Å²) in [4.78, 5) is 22.2. The molecule has 0 saturated carbocycles. The Balaban J connectivity index is 2.52. The van der Waals surface area contributed by atoms with Crippen molar-refractivity contribution in [2.45, 2.75) is 6.92 Å². The maximum Gasteiger partial charge on any atom is 0.347 e. The van der Waals surface area contributed by atoms with E-state index < -0.39 is 5.97 Å². The molecule has 0 spiro atoms. The van der Waals surface area contributed by atoms with Gasteiger partial charge in [-0.2, -0.15) is 0 Å². The maximum atomic E-state index is 10.6. The zero-order chi connectivity index (χ0) is 13.5. The Morgan fingerprint density at radius 1 is 1.78 bits per heavy atom. The molecule has 0 aliphatic carbocycles. The lowest BCUT2D eigenvalue weighted by Gasteiger charge is -1.97. The van der Waals surface area contributed by atoms with Gasteiger partial charge in [0.1, 0.15) is 15.9 Å². The number of aromatic carboxylic acids is 1. The first-order chi connectivity index (χ1) is 8.52. The second kappa shape index (κ2) is 6.87. The fourth-order valence-corrected chi connectivity index (χ4v) is 1.77. The number of hydrogen-bond donors (Lipinski definition) is 2. The molecule has 0 saturated heterocycles. The van der Waals surface area contributed by atoms with E-state index in [9.17, 15) is 4.79 Å². The van der Waals surface area contributed by atoms with Crippen molar-refractivity contribution in [2.75, 3.05) is 11.9 Å². The number of carboxylic acids is 1. The monoisotopic (exact) mass is 286 g/mol.